The van der Waals surface area contributed by atoms with Crippen LogP contribution in [0.5, 0.6) is 0 Å². The molecule has 2 aromatic carbocycles. The van der Waals surface area contributed by atoms with Crippen molar-refractivity contribution in [3.8, 4) is 5.69 Å². The fourth-order valence-corrected chi connectivity index (χ4v) is 3.11. The fourth-order valence-electron chi connectivity index (χ4n) is 2.63. The van der Waals surface area contributed by atoms with Gasteiger partial charge in [-0.25, -0.2) is 9.48 Å². The normalized spacial score (nSPS) is 10.7. The van der Waals surface area contributed by atoms with E-state index in [0.29, 0.717) is 17.3 Å². The van der Waals surface area contributed by atoms with E-state index >= 15 is 0 Å². The maximum Gasteiger partial charge on any atom is 0.345 e. The van der Waals surface area contributed by atoms with E-state index in [2.05, 4.69) is 15.9 Å². The first-order valence-electron chi connectivity index (χ1n) is 7.99. The van der Waals surface area contributed by atoms with Gasteiger partial charge in [0.05, 0.1) is 18.8 Å². The standard InChI is InChI=1S/C19H16BrClN2O3/c1-2-26-19(25)17-12-22(11-13-4-3-5-15(21)10-13)23(18(17)24)16-8-6-14(20)7-9-16/h3-10,12H,2,11H2,1H3. The summed E-state index contributed by atoms with van der Waals surface area (Å²) in [4.78, 5) is 25.0. The number of esters is 1. The maximum absolute atomic E-state index is 12.9. The van der Waals surface area contributed by atoms with Gasteiger partial charge >= 0.3 is 5.97 Å². The van der Waals surface area contributed by atoms with Crippen molar-refractivity contribution < 1.29 is 9.53 Å². The summed E-state index contributed by atoms with van der Waals surface area (Å²) in [5.41, 5.74) is 1.13. The molecule has 0 bridgehead atoms. The second-order valence-corrected chi connectivity index (χ2v) is 6.94. The van der Waals surface area contributed by atoms with Crippen LogP contribution in [0.1, 0.15) is 22.8 Å². The molecule has 26 heavy (non-hydrogen) atoms. The van der Waals surface area contributed by atoms with E-state index in [9.17, 15) is 9.59 Å². The van der Waals surface area contributed by atoms with Crippen LogP contribution in [0.4, 0.5) is 0 Å². The molecule has 3 aromatic rings. The molecule has 0 fully saturated rings. The number of ether oxygens (including phenoxy) is 1. The molecule has 5 nitrogen and oxygen atoms in total. The van der Waals surface area contributed by atoms with E-state index in [4.69, 9.17) is 16.3 Å². The van der Waals surface area contributed by atoms with Crippen LogP contribution in [0.15, 0.2) is 64.0 Å². The lowest BCUT2D eigenvalue weighted by molar-refractivity contribution is 0.0524. The van der Waals surface area contributed by atoms with Gasteiger partial charge in [0.15, 0.2) is 0 Å². The average Bonchev–Trinajstić information content (AvgIpc) is 2.92. The SMILES string of the molecule is CCOC(=O)c1cn(Cc2cccc(Cl)c2)n(-c2ccc(Br)cc2)c1=O. The Morgan fingerprint density at radius 1 is 1.19 bits per heavy atom. The van der Waals surface area contributed by atoms with Gasteiger partial charge in [0.2, 0.25) is 0 Å². The molecular weight excluding hydrogens is 420 g/mol. The predicted molar refractivity (Wildman–Crippen MR) is 104 cm³/mol. The van der Waals surface area contributed by atoms with Crippen molar-refractivity contribution in [1.82, 2.24) is 9.36 Å². The molecule has 0 amide bonds. The summed E-state index contributed by atoms with van der Waals surface area (Å²) in [6.07, 6.45) is 1.52. The zero-order valence-corrected chi connectivity index (χ0v) is 16.3. The average molecular weight is 436 g/mol. The summed E-state index contributed by atoms with van der Waals surface area (Å²) in [6.45, 7) is 2.29. The Bertz CT molecular complexity index is 993. The van der Waals surface area contributed by atoms with Crippen molar-refractivity contribution in [2.75, 3.05) is 6.61 Å². The molecule has 0 saturated heterocycles. The Kier molecular flexibility index (Phi) is 5.64. The summed E-state index contributed by atoms with van der Waals surface area (Å²) in [5, 5.41) is 0.609. The minimum atomic E-state index is -0.631. The predicted octanol–water partition coefficient (Wildman–Crippen LogP) is 4.28. The summed E-state index contributed by atoms with van der Waals surface area (Å²) in [7, 11) is 0. The molecule has 7 heteroatoms. The van der Waals surface area contributed by atoms with Crippen LogP contribution >= 0.6 is 27.5 Å². The van der Waals surface area contributed by atoms with Crippen LogP contribution < -0.4 is 5.56 Å². The lowest BCUT2D eigenvalue weighted by Gasteiger charge is -2.12. The zero-order chi connectivity index (χ0) is 18.7. The zero-order valence-electron chi connectivity index (χ0n) is 14.0. The van der Waals surface area contributed by atoms with Gasteiger partial charge in [0.1, 0.15) is 5.56 Å². The number of benzene rings is 2. The number of nitrogens with zero attached hydrogens (tertiary/aromatic N) is 2. The Morgan fingerprint density at radius 3 is 2.58 bits per heavy atom. The quantitative estimate of drug-likeness (QED) is 0.562. The lowest BCUT2D eigenvalue weighted by atomic mass is 10.2. The molecular formula is C19H16BrClN2O3. The van der Waals surface area contributed by atoms with Gasteiger partial charge in [-0.2, -0.15) is 0 Å². The van der Waals surface area contributed by atoms with Crippen LogP contribution in [0.25, 0.3) is 5.69 Å². The first-order chi connectivity index (χ1) is 12.5. The number of hydrogen-bond donors (Lipinski definition) is 0. The number of aromatic nitrogens is 2. The summed E-state index contributed by atoms with van der Waals surface area (Å²) in [6, 6.07) is 14.6. The number of carbonyl (C=O) groups is 1. The second kappa shape index (κ2) is 7.93. The van der Waals surface area contributed by atoms with Gasteiger partial charge in [-0.15, -0.1) is 0 Å². The molecule has 0 saturated carbocycles. The van der Waals surface area contributed by atoms with Crippen molar-refractivity contribution >= 4 is 33.5 Å². The van der Waals surface area contributed by atoms with Gasteiger partial charge in [0.25, 0.3) is 5.56 Å². The Morgan fingerprint density at radius 2 is 1.92 bits per heavy atom. The topological polar surface area (TPSA) is 53.2 Å². The molecule has 1 aromatic heterocycles. The monoisotopic (exact) mass is 434 g/mol. The lowest BCUT2D eigenvalue weighted by Crippen LogP contribution is -2.24. The van der Waals surface area contributed by atoms with Crippen molar-refractivity contribution in [2.24, 2.45) is 0 Å². The molecule has 0 spiro atoms. The van der Waals surface area contributed by atoms with E-state index in [0.717, 1.165) is 10.0 Å². The first-order valence-corrected chi connectivity index (χ1v) is 9.16. The summed E-state index contributed by atoms with van der Waals surface area (Å²) < 4.78 is 9.05. The molecule has 0 unspecified atom stereocenters. The van der Waals surface area contributed by atoms with E-state index < -0.39 is 11.5 Å². The minimum Gasteiger partial charge on any atom is -0.462 e. The third-order valence-corrected chi connectivity index (χ3v) is 4.52. The number of rotatable bonds is 5. The summed E-state index contributed by atoms with van der Waals surface area (Å²) in [5.74, 6) is -0.631. The van der Waals surface area contributed by atoms with Crippen LogP contribution in [0.2, 0.25) is 5.02 Å². The number of hydrogen-bond acceptors (Lipinski definition) is 3. The molecule has 0 aliphatic rings. The van der Waals surface area contributed by atoms with Crippen LogP contribution in [0, 0.1) is 0 Å². The van der Waals surface area contributed by atoms with Crippen molar-refractivity contribution in [3.05, 3.63) is 85.7 Å². The Hall–Kier alpha value is -2.31. The van der Waals surface area contributed by atoms with Gasteiger partial charge in [-0.05, 0) is 48.9 Å². The van der Waals surface area contributed by atoms with Gasteiger partial charge in [-0.1, -0.05) is 39.7 Å². The van der Waals surface area contributed by atoms with Gasteiger partial charge < -0.3 is 4.74 Å². The van der Waals surface area contributed by atoms with Crippen LogP contribution in [0.3, 0.4) is 0 Å². The highest BCUT2D eigenvalue weighted by molar-refractivity contribution is 9.10. The smallest absolute Gasteiger partial charge is 0.345 e. The molecule has 134 valence electrons. The highest BCUT2D eigenvalue weighted by Crippen LogP contribution is 2.16. The molecule has 0 radical (unpaired) electrons. The van der Waals surface area contributed by atoms with Crippen molar-refractivity contribution in [3.63, 3.8) is 0 Å². The molecule has 0 aliphatic carbocycles. The van der Waals surface area contributed by atoms with Crippen molar-refractivity contribution in [1.29, 1.82) is 0 Å². The van der Waals surface area contributed by atoms with E-state index in [1.54, 1.807) is 29.8 Å². The summed E-state index contributed by atoms with van der Waals surface area (Å²) >= 11 is 9.44. The highest BCUT2D eigenvalue weighted by atomic mass is 79.9. The largest absolute Gasteiger partial charge is 0.462 e. The fraction of sp³-hybridized carbons (Fsp3) is 0.158. The van der Waals surface area contributed by atoms with Gasteiger partial charge in [-0.3, -0.25) is 9.48 Å². The van der Waals surface area contributed by atoms with E-state index in [-0.39, 0.29) is 12.2 Å². The maximum atomic E-state index is 12.9. The molecule has 0 aliphatic heterocycles. The third kappa shape index (κ3) is 3.92. The third-order valence-electron chi connectivity index (χ3n) is 3.76. The van der Waals surface area contributed by atoms with E-state index in [1.165, 1.54) is 10.9 Å². The molecule has 1 heterocycles. The molecule has 0 atom stereocenters. The second-order valence-electron chi connectivity index (χ2n) is 5.58. The van der Waals surface area contributed by atoms with Crippen LogP contribution in [-0.2, 0) is 11.3 Å². The Balaban J connectivity index is 2.11. The molecule has 3 rings (SSSR count). The Labute approximate surface area is 163 Å². The van der Waals surface area contributed by atoms with E-state index in [1.807, 2.05) is 30.3 Å². The highest BCUT2D eigenvalue weighted by Gasteiger charge is 2.20. The van der Waals surface area contributed by atoms with Gasteiger partial charge in [0, 0.05) is 15.7 Å². The minimum absolute atomic E-state index is 0.00297. The molecule has 0 N–H and O–H groups in total. The van der Waals surface area contributed by atoms with Crippen LogP contribution in [-0.4, -0.2) is 21.9 Å². The number of halogens is 2. The number of carbonyl (C=O) groups excluding carboxylic acids is 1. The first kappa shape index (κ1) is 18.5. The van der Waals surface area contributed by atoms with Crippen molar-refractivity contribution in [2.45, 2.75) is 13.5 Å².